The Morgan fingerprint density at radius 2 is 1.40 bits per heavy atom. The first kappa shape index (κ1) is 27.4. The van der Waals surface area contributed by atoms with Gasteiger partial charge in [0.05, 0.1) is 6.04 Å². The molecule has 10 heteroatoms. The molecule has 30 heavy (non-hydrogen) atoms. The molecular weight excluding hydrogens is 388 g/mol. The van der Waals surface area contributed by atoms with E-state index in [-0.39, 0.29) is 23.7 Å². The number of rotatable bonds is 14. The number of nitrogens with zero attached hydrogens (tertiary/aromatic N) is 1. The van der Waals surface area contributed by atoms with Crippen molar-refractivity contribution in [3.05, 3.63) is 0 Å². The normalized spacial score (nSPS) is 13.8. The van der Waals surface area contributed by atoms with E-state index in [0.717, 1.165) is 0 Å². The molecule has 0 spiro atoms. The average Bonchev–Trinajstić information content (AvgIpc) is 2.61. The largest absolute Gasteiger partial charge is 0.370 e. The Balaban J connectivity index is 5.10. The predicted molar refractivity (Wildman–Crippen MR) is 116 cm³/mol. The lowest BCUT2D eigenvalue weighted by Gasteiger charge is -2.25. The number of nitrogens with one attached hydrogen (secondary N) is 3. The maximum Gasteiger partial charge on any atom is 0.243 e. The summed E-state index contributed by atoms with van der Waals surface area (Å²) in [6, 6.07) is -2.26. The minimum Gasteiger partial charge on any atom is -0.370 e. The van der Waals surface area contributed by atoms with Crippen LogP contribution in [0.2, 0.25) is 0 Å². The lowest BCUT2D eigenvalue weighted by atomic mass is 9.99. The van der Waals surface area contributed by atoms with Crippen LogP contribution in [0.15, 0.2) is 4.99 Å². The van der Waals surface area contributed by atoms with Gasteiger partial charge in [0.15, 0.2) is 5.96 Å². The number of hydrogen-bond acceptors (Lipinski definition) is 5. The fourth-order valence-electron chi connectivity index (χ4n) is 2.90. The number of guanidine groups is 1. The van der Waals surface area contributed by atoms with Gasteiger partial charge in [-0.05, 0) is 37.5 Å². The van der Waals surface area contributed by atoms with Crippen molar-refractivity contribution in [3.63, 3.8) is 0 Å². The van der Waals surface area contributed by atoms with Gasteiger partial charge in [-0.25, -0.2) is 0 Å². The highest BCUT2D eigenvalue weighted by molar-refractivity contribution is 5.92. The molecule has 0 aliphatic heterocycles. The summed E-state index contributed by atoms with van der Waals surface area (Å²) < 4.78 is 0. The summed E-state index contributed by atoms with van der Waals surface area (Å²) in [7, 11) is 0. The molecule has 7 N–H and O–H groups in total. The van der Waals surface area contributed by atoms with Gasteiger partial charge in [-0.3, -0.25) is 19.4 Å². The van der Waals surface area contributed by atoms with E-state index >= 15 is 0 Å². The summed E-state index contributed by atoms with van der Waals surface area (Å²) in [6.07, 6.45) is 2.38. The quantitative estimate of drug-likeness (QED) is 0.112. The number of carbonyl (C=O) groups is 4. The SMILES string of the molecule is CC(=O)N[C@@H](CC(C)C)C(=O)N[C@@H](CC(C)C)C(=O)N[C@@H](C=O)CCCN=C(N)N. The number of hydrogen-bond donors (Lipinski definition) is 5. The molecule has 0 unspecified atom stereocenters. The highest BCUT2D eigenvalue weighted by Gasteiger charge is 2.28. The highest BCUT2D eigenvalue weighted by atomic mass is 16.2. The van der Waals surface area contributed by atoms with E-state index in [1.54, 1.807) is 0 Å². The van der Waals surface area contributed by atoms with Gasteiger partial charge in [0.2, 0.25) is 17.7 Å². The molecule has 172 valence electrons. The molecular formula is C20H38N6O4. The second kappa shape index (κ2) is 14.4. The van der Waals surface area contributed by atoms with Crippen molar-refractivity contribution in [2.24, 2.45) is 28.3 Å². The maximum atomic E-state index is 12.8. The van der Waals surface area contributed by atoms with Crippen LogP contribution in [0.25, 0.3) is 0 Å². The van der Waals surface area contributed by atoms with Crippen LogP contribution in [0.3, 0.4) is 0 Å². The Hall–Kier alpha value is -2.65. The van der Waals surface area contributed by atoms with Crippen molar-refractivity contribution in [3.8, 4) is 0 Å². The van der Waals surface area contributed by atoms with Crippen LogP contribution in [-0.2, 0) is 19.2 Å². The number of carbonyl (C=O) groups excluding carboxylic acids is 4. The molecule has 3 atom stereocenters. The zero-order chi connectivity index (χ0) is 23.3. The summed E-state index contributed by atoms with van der Waals surface area (Å²) in [6.45, 7) is 9.43. The van der Waals surface area contributed by atoms with Crippen molar-refractivity contribution < 1.29 is 19.2 Å². The van der Waals surface area contributed by atoms with Gasteiger partial charge in [-0.1, -0.05) is 27.7 Å². The summed E-state index contributed by atoms with van der Waals surface area (Å²) in [4.78, 5) is 52.1. The molecule has 0 aliphatic carbocycles. The summed E-state index contributed by atoms with van der Waals surface area (Å²) in [5.74, 6) is -0.909. The van der Waals surface area contributed by atoms with Crippen LogP contribution >= 0.6 is 0 Å². The summed E-state index contributed by atoms with van der Waals surface area (Å²) in [5, 5.41) is 8.03. The highest BCUT2D eigenvalue weighted by Crippen LogP contribution is 2.09. The molecule has 0 aromatic carbocycles. The molecule has 10 nitrogen and oxygen atoms in total. The van der Waals surface area contributed by atoms with Gasteiger partial charge in [0.1, 0.15) is 18.4 Å². The topological polar surface area (TPSA) is 169 Å². The van der Waals surface area contributed by atoms with E-state index < -0.39 is 29.9 Å². The minimum absolute atomic E-state index is 0.0310. The van der Waals surface area contributed by atoms with Gasteiger partial charge in [0, 0.05) is 13.5 Å². The van der Waals surface area contributed by atoms with E-state index in [1.807, 2.05) is 27.7 Å². The number of aliphatic imine (C=N–C) groups is 1. The Labute approximate surface area is 179 Å². The van der Waals surface area contributed by atoms with Crippen LogP contribution < -0.4 is 27.4 Å². The monoisotopic (exact) mass is 426 g/mol. The molecule has 0 saturated heterocycles. The maximum absolute atomic E-state index is 12.8. The third kappa shape index (κ3) is 12.7. The Bertz CT molecular complexity index is 602. The molecule has 0 rings (SSSR count). The lowest BCUT2D eigenvalue weighted by molar-refractivity contribution is -0.133. The lowest BCUT2D eigenvalue weighted by Crippen LogP contribution is -2.55. The minimum atomic E-state index is -0.818. The zero-order valence-electron chi connectivity index (χ0n) is 18.7. The van der Waals surface area contributed by atoms with Gasteiger partial charge in [0.25, 0.3) is 0 Å². The standard InChI is InChI=1S/C20H38N6O4/c1-12(2)9-16(24-14(5)28)19(30)26-17(10-13(3)4)18(29)25-15(11-27)7-6-8-23-20(21)22/h11-13,15-17H,6-10H2,1-5H3,(H,24,28)(H,25,29)(H,26,30)(H4,21,22,23)/t15-,16+,17+/m1/s1. The third-order valence-electron chi connectivity index (χ3n) is 4.20. The van der Waals surface area contributed by atoms with E-state index in [1.165, 1.54) is 6.92 Å². The van der Waals surface area contributed by atoms with Gasteiger partial charge < -0.3 is 32.2 Å². The van der Waals surface area contributed by atoms with E-state index in [4.69, 9.17) is 11.5 Å². The second-order valence-corrected chi connectivity index (χ2v) is 8.27. The van der Waals surface area contributed by atoms with Gasteiger partial charge in [-0.15, -0.1) is 0 Å². The van der Waals surface area contributed by atoms with E-state index in [9.17, 15) is 19.2 Å². The molecule has 0 aliphatic rings. The Morgan fingerprint density at radius 3 is 1.83 bits per heavy atom. The van der Waals surface area contributed by atoms with Crippen LogP contribution in [0.5, 0.6) is 0 Å². The van der Waals surface area contributed by atoms with Gasteiger partial charge in [-0.2, -0.15) is 0 Å². The second-order valence-electron chi connectivity index (χ2n) is 8.27. The number of amides is 3. The average molecular weight is 427 g/mol. The smallest absolute Gasteiger partial charge is 0.243 e. The van der Waals surface area contributed by atoms with Crippen molar-refractivity contribution in [1.29, 1.82) is 0 Å². The van der Waals surface area contributed by atoms with Crippen molar-refractivity contribution in [2.75, 3.05) is 6.54 Å². The zero-order valence-corrected chi connectivity index (χ0v) is 18.7. The van der Waals surface area contributed by atoms with Gasteiger partial charge >= 0.3 is 0 Å². The molecule has 0 aromatic heterocycles. The van der Waals surface area contributed by atoms with Crippen LogP contribution in [-0.4, -0.2) is 54.6 Å². The molecule has 0 radical (unpaired) electrons. The summed E-state index contributed by atoms with van der Waals surface area (Å²) in [5.41, 5.74) is 10.5. The van der Waals surface area contributed by atoms with Crippen LogP contribution in [0.4, 0.5) is 0 Å². The fraction of sp³-hybridized carbons (Fsp3) is 0.750. The number of aldehydes is 1. The first-order valence-corrected chi connectivity index (χ1v) is 10.3. The van der Waals surface area contributed by atoms with E-state index in [2.05, 4.69) is 20.9 Å². The number of nitrogens with two attached hydrogens (primary N) is 2. The van der Waals surface area contributed by atoms with Crippen molar-refractivity contribution in [2.45, 2.75) is 78.4 Å². The van der Waals surface area contributed by atoms with Crippen molar-refractivity contribution in [1.82, 2.24) is 16.0 Å². The molecule has 0 bridgehead atoms. The molecule has 0 fully saturated rings. The van der Waals surface area contributed by atoms with Crippen LogP contribution in [0.1, 0.15) is 60.3 Å². The molecule has 0 saturated carbocycles. The third-order valence-corrected chi connectivity index (χ3v) is 4.20. The first-order valence-electron chi connectivity index (χ1n) is 10.3. The fourth-order valence-corrected chi connectivity index (χ4v) is 2.90. The molecule has 3 amide bonds. The predicted octanol–water partition coefficient (Wildman–Crippen LogP) is -0.195. The molecule has 0 heterocycles. The first-order chi connectivity index (χ1) is 14.0. The summed E-state index contributed by atoms with van der Waals surface area (Å²) >= 11 is 0. The Morgan fingerprint density at radius 1 is 0.900 bits per heavy atom. The van der Waals surface area contributed by atoms with Crippen molar-refractivity contribution >= 4 is 30.0 Å². The van der Waals surface area contributed by atoms with Crippen LogP contribution in [0, 0.1) is 11.8 Å². The van der Waals surface area contributed by atoms with E-state index in [0.29, 0.717) is 38.5 Å². The molecule has 0 aromatic rings. The Kier molecular flexibility index (Phi) is 13.1.